The summed E-state index contributed by atoms with van der Waals surface area (Å²) in [6.45, 7) is 8.14. The first kappa shape index (κ1) is 15.9. The lowest BCUT2D eigenvalue weighted by molar-refractivity contribution is -0.144. The minimum Gasteiger partial charge on any atom is -0.469 e. The Hall–Kier alpha value is -1.16. The van der Waals surface area contributed by atoms with Gasteiger partial charge in [-0.3, -0.25) is 9.00 Å². The van der Waals surface area contributed by atoms with Gasteiger partial charge in [0.2, 0.25) is 0 Å². The van der Waals surface area contributed by atoms with E-state index >= 15 is 0 Å². The van der Waals surface area contributed by atoms with Crippen LogP contribution in [-0.2, 0) is 25.7 Å². The van der Waals surface area contributed by atoms with Crippen LogP contribution < -0.4 is 0 Å². The largest absolute Gasteiger partial charge is 0.469 e. The van der Waals surface area contributed by atoms with Crippen LogP contribution in [-0.4, -0.2) is 23.0 Å². The van der Waals surface area contributed by atoms with Gasteiger partial charge in [0.1, 0.15) is 0 Å². The molecule has 0 bridgehead atoms. The average molecular weight is 282 g/mol. The van der Waals surface area contributed by atoms with E-state index in [-0.39, 0.29) is 17.3 Å². The topological polar surface area (TPSA) is 43.4 Å². The summed E-state index contributed by atoms with van der Waals surface area (Å²) in [4.78, 5) is 12.1. The third-order valence-corrected chi connectivity index (χ3v) is 4.59. The predicted molar refractivity (Wildman–Crippen MR) is 77.6 cm³/mol. The summed E-state index contributed by atoms with van der Waals surface area (Å²) in [5.74, 6) is -0.380. The van der Waals surface area contributed by atoms with E-state index in [9.17, 15) is 9.00 Å². The van der Waals surface area contributed by atoms with Gasteiger partial charge in [-0.05, 0) is 23.1 Å². The maximum Gasteiger partial charge on any atom is 0.309 e. The SMILES string of the molecule is COC(=O)C(C)CS(=O)c1ccc(C(C)(C)C)cc1. The first-order chi connectivity index (χ1) is 8.75. The third-order valence-electron chi connectivity index (χ3n) is 2.99. The van der Waals surface area contributed by atoms with E-state index in [0.29, 0.717) is 5.75 Å². The zero-order chi connectivity index (χ0) is 14.6. The third kappa shape index (κ3) is 4.46. The highest BCUT2D eigenvalue weighted by atomic mass is 32.2. The normalized spacial score (nSPS) is 14.8. The lowest BCUT2D eigenvalue weighted by atomic mass is 9.87. The highest BCUT2D eigenvalue weighted by Gasteiger charge is 2.18. The maximum atomic E-state index is 12.1. The minimum atomic E-state index is -1.17. The number of hydrogen-bond acceptors (Lipinski definition) is 3. The Balaban J connectivity index is 2.76. The van der Waals surface area contributed by atoms with Crippen LogP contribution in [0.3, 0.4) is 0 Å². The lowest BCUT2D eigenvalue weighted by Gasteiger charge is -2.19. The van der Waals surface area contributed by atoms with Gasteiger partial charge in [0.05, 0.1) is 23.8 Å². The molecule has 0 heterocycles. The monoisotopic (exact) mass is 282 g/mol. The van der Waals surface area contributed by atoms with Crippen molar-refractivity contribution in [2.24, 2.45) is 5.92 Å². The first-order valence-electron chi connectivity index (χ1n) is 6.32. The molecule has 0 aromatic heterocycles. The van der Waals surface area contributed by atoms with Crippen LogP contribution >= 0.6 is 0 Å². The Morgan fingerprint density at radius 1 is 1.26 bits per heavy atom. The van der Waals surface area contributed by atoms with Crippen molar-refractivity contribution in [2.45, 2.75) is 38.0 Å². The molecule has 0 amide bonds. The summed E-state index contributed by atoms with van der Waals surface area (Å²) in [6, 6.07) is 7.74. The second-order valence-corrected chi connectivity index (χ2v) is 7.21. The number of hydrogen-bond donors (Lipinski definition) is 0. The van der Waals surface area contributed by atoms with Gasteiger partial charge in [-0.2, -0.15) is 0 Å². The molecule has 0 aliphatic heterocycles. The minimum absolute atomic E-state index is 0.0827. The zero-order valence-electron chi connectivity index (χ0n) is 12.2. The van der Waals surface area contributed by atoms with E-state index < -0.39 is 10.8 Å². The molecule has 0 radical (unpaired) electrons. The standard InChI is InChI=1S/C15H22O3S/c1-11(14(16)18-5)10-19(17)13-8-6-12(7-9-13)15(2,3)4/h6-9,11H,10H2,1-5H3. The molecular weight excluding hydrogens is 260 g/mol. The second kappa shape index (κ2) is 6.33. The molecule has 0 saturated carbocycles. The van der Waals surface area contributed by atoms with E-state index in [0.717, 1.165) is 4.90 Å². The maximum absolute atomic E-state index is 12.1. The Morgan fingerprint density at radius 3 is 2.21 bits per heavy atom. The summed E-state index contributed by atoms with van der Waals surface area (Å²) < 4.78 is 16.8. The van der Waals surface area contributed by atoms with E-state index in [1.807, 2.05) is 24.3 Å². The molecule has 1 rings (SSSR count). The lowest BCUT2D eigenvalue weighted by Crippen LogP contribution is -2.19. The van der Waals surface area contributed by atoms with Gasteiger partial charge < -0.3 is 4.74 Å². The van der Waals surface area contributed by atoms with Gasteiger partial charge in [-0.1, -0.05) is 39.8 Å². The van der Waals surface area contributed by atoms with Crippen molar-refractivity contribution in [1.29, 1.82) is 0 Å². The van der Waals surface area contributed by atoms with Crippen molar-refractivity contribution < 1.29 is 13.7 Å². The summed E-state index contributed by atoms with van der Waals surface area (Å²) in [6.07, 6.45) is 0. The summed E-state index contributed by atoms with van der Waals surface area (Å²) in [5, 5.41) is 0. The fourth-order valence-electron chi connectivity index (χ4n) is 1.70. The first-order valence-corrected chi connectivity index (χ1v) is 7.64. The molecule has 0 saturated heterocycles. The molecule has 19 heavy (non-hydrogen) atoms. The molecule has 0 N–H and O–H groups in total. The molecule has 2 unspecified atom stereocenters. The summed E-state index contributed by atoms with van der Waals surface area (Å²) in [5.41, 5.74) is 1.29. The van der Waals surface area contributed by atoms with Crippen molar-refractivity contribution in [3.05, 3.63) is 29.8 Å². The Morgan fingerprint density at radius 2 is 1.79 bits per heavy atom. The van der Waals surface area contributed by atoms with Gasteiger partial charge in [0, 0.05) is 10.6 Å². The van der Waals surface area contributed by atoms with E-state index in [1.54, 1.807) is 6.92 Å². The summed E-state index contributed by atoms with van der Waals surface area (Å²) >= 11 is 0. The molecule has 0 fully saturated rings. The van der Waals surface area contributed by atoms with E-state index in [1.165, 1.54) is 12.7 Å². The van der Waals surface area contributed by atoms with Crippen LogP contribution in [0.2, 0.25) is 0 Å². The summed E-state index contributed by atoms with van der Waals surface area (Å²) in [7, 11) is 0.176. The van der Waals surface area contributed by atoms with Crippen molar-refractivity contribution in [1.82, 2.24) is 0 Å². The molecule has 4 heteroatoms. The fourth-order valence-corrected chi connectivity index (χ4v) is 2.92. The van der Waals surface area contributed by atoms with Crippen LogP contribution in [0.4, 0.5) is 0 Å². The number of carbonyl (C=O) groups excluding carboxylic acids is 1. The smallest absolute Gasteiger partial charge is 0.309 e. The number of rotatable bonds is 4. The molecule has 1 aromatic rings. The van der Waals surface area contributed by atoms with Gasteiger partial charge >= 0.3 is 5.97 Å². The number of methoxy groups -OCH3 is 1. The molecule has 0 aliphatic carbocycles. The molecule has 2 atom stereocenters. The predicted octanol–water partition coefficient (Wildman–Crippen LogP) is 2.90. The van der Waals surface area contributed by atoms with Crippen LogP contribution in [0.1, 0.15) is 33.3 Å². The van der Waals surface area contributed by atoms with E-state index in [2.05, 4.69) is 25.5 Å². The van der Waals surface area contributed by atoms with Crippen LogP contribution in [0.25, 0.3) is 0 Å². The van der Waals surface area contributed by atoms with E-state index in [4.69, 9.17) is 0 Å². The van der Waals surface area contributed by atoms with Crippen molar-refractivity contribution in [2.75, 3.05) is 12.9 Å². The molecule has 0 spiro atoms. The number of esters is 1. The Bertz CT molecular complexity index is 457. The molecule has 3 nitrogen and oxygen atoms in total. The van der Waals surface area contributed by atoms with Gasteiger partial charge in [0.25, 0.3) is 0 Å². The quantitative estimate of drug-likeness (QED) is 0.798. The second-order valence-electron chi connectivity index (χ2n) is 5.71. The molecule has 1 aromatic carbocycles. The highest BCUT2D eigenvalue weighted by molar-refractivity contribution is 7.85. The fraction of sp³-hybridized carbons (Fsp3) is 0.533. The number of ether oxygens (including phenoxy) is 1. The molecular formula is C15H22O3S. The van der Waals surface area contributed by atoms with Gasteiger partial charge in [-0.15, -0.1) is 0 Å². The van der Waals surface area contributed by atoms with Crippen molar-refractivity contribution in [3.8, 4) is 0 Å². The van der Waals surface area contributed by atoms with Gasteiger partial charge in [0.15, 0.2) is 0 Å². The number of benzene rings is 1. The average Bonchev–Trinajstić information content (AvgIpc) is 2.36. The highest BCUT2D eigenvalue weighted by Crippen LogP contribution is 2.23. The molecule has 106 valence electrons. The van der Waals surface area contributed by atoms with Crippen LogP contribution in [0.15, 0.2) is 29.2 Å². The van der Waals surface area contributed by atoms with Crippen LogP contribution in [0, 0.1) is 5.92 Å². The zero-order valence-corrected chi connectivity index (χ0v) is 13.0. The Labute approximate surface area is 117 Å². The Kier molecular flexibility index (Phi) is 5.29. The van der Waals surface area contributed by atoms with Crippen molar-refractivity contribution >= 4 is 16.8 Å². The van der Waals surface area contributed by atoms with Crippen molar-refractivity contribution in [3.63, 3.8) is 0 Å². The van der Waals surface area contributed by atoms with Crippen LogP contribution in [0.5, 0.6) is 0 Å². The molecule has 0 aliphatic rings. The van der Waals surface area contributed by atoms with Gasteiger partial charge in [-0.25, -0.2) is 0 Å². The number of carbonyl (C=O) groups is 1.